The Morgan fingerprint density at radius 1 is 1.08 bits per heavy atom. The number of carbonyl (C=O) groups excluding carboxylic acids is 1. The minimum Gasteiger partial charge on any atom is -0.485 e. The van der Waals surface area contributed by atoms with Crippen LogP contribution in [-0.2, 0) is 13.2 Å². The van der Waals surface area contributed by atoms with Crippen LogP contribution in [0.15, 0.2) is 65.1 Å². The van der Waals surface area contributed by atoms with Crippen molar-refractivity contribution in [1.82, 2.24) is 5.32 Å². The molecule has 1 amide bonds. The van der Waals surface area contributed by atoms with Crippen molar-refractivity contribution in [3.05, 3.63) is 89.1 Å². The Bertz CT molecular complexity index is 855. The summed E-state index contributed by atoms with van der Waals surface area (Å²) in [7, 11) is 0. The second-order valence-electron chi connectivity index (χ2n) is 5.63. The smallest absolute Gasteiger partial charge is 0.287 e. The predicted molar refractivity (Wildman–Crippen MR) is 91.8 cm³/mol. The second kappa shape index (κ2) is 7.66. The Morgan fingerprint density at radius 3 is 2.60 bits per heavy atom. The van der Waals surface area contributed by atoms with Gasteiger partial charge in [-0.25, -0.2) is 4.39 Å². The quantitative estimate of drug-likeness (QED) is 0.731. The maximum Gasteiger partial charge on any atom is 0.287 e. The van der Waals surface area contributed by atoms with E-state index in [0.29, 0.717) is 12.3 Å². The number of rotatable bonds is 6. The Hall–Kier alpha value is -3.08. The number of furan rings is 1. The van der Waals surface area contributed by atoms with Gasteiger partial charge in [-0.1, -0.05) is 30.3 Å². The van der Waals surface area contributed by atoms with Crippen molar-refractivity contribution in [2.75, 3.05) is 0 Å². The lowest BCUT2D eigenvalue weighted by atomic mass is 10.2. The van der Waals surface area contributed by atoms with Gasteiger partial charge in [0.1, 0.15) is 23.9 Å². The molecule has 3 aromatic rings. The highest BCUT2D eigenvalue weighted by Crippen LogP contribution is 2.18. The van der Waals surface area contributed by atoms with Crippen molar-refractivity contribution in [2.45, 2.75) is 20.1 Å². The molecule has 0 aliphatic rings. The summed E-state index contributed by atoms with van der Waals surface area (Å²) in [6.45, 7) is 2.51. The number of ether oxygens (including phenoxy) is 1. The minimum absolute atomic E-state index is 0.213. The van der Waals surface area contributed by atoms with E-state index in [1.54, 1.807) is 24.3 Å². The van der Waals surface area contributed by atoms with Gasteiger partial charge in [-0.2, -0.15) is 0 Å². The molecule has 0 radical (unpaired) electrons. The van der Waals surface area contributed by atoms with E-state index in [2.05, 4.69) is 5.32 Å². The summed E-state index contributed by atoms with van der Waals surface area (Å²) in [6, 6.07) is 17.0. The van der Waals surface area contributed by atoms with E-state index in [9.17, 15) is 9.18 Å². The van der Waals surface area contributed by atoms with Gasteiger partial charge in [0, 0.05) is 6.54 Å². The third kappa shape index (κ3) is 4.47. The SMILES string of the molecule is Cc1ccccc1OCc1ccc(C(=O)NCc2ccc(F)cc2)o1. The summed E-state index contributed by atoms with van der Waals surface area (Å²) in [4.78, 5) is 12.1. The summed E-state index contributed by atoms with van der Waals surface area (Å²) in [5.74, 6) is 0.924. The highest BCUT2D eigenvalue weighted by atomic mass is 19.1. The molecule has 0 aliphatic heterocycles. The van der Waals surface area contributed by atoms with Crippen LogP contribution in [0, 0.1) is 12.7 Å². The molecule has 2 aromatic carbocycles. The summed E-state index contributed by atoms with van der Waals surface area (Å²) in [6.07, 6.45) is 0. The first kappa shape index (κ1) is 16.8. The Labute approximate surface area is 145 Å². The molecule has 0 bridgehead atoms. The van der Waals surface area contributed by atoms with Crippen LogP contribution in [-0.4, -0.2) is 5.91 Å². The van der Waals surface area contributed by atoms with E-state index >= 15 is 0 Å². The first-order valence-electron chi connectivity index (χ1n) is 7.91. The molecule has 1 N–H and O–H groups in total. The van der Waals surface area contributed by atoms with Gasteiger partial charge in [0.05, 0.1) is 0 Å². The van der Waals surface area contributed by atoms with Gasteiger partial charge in [-0.3, -0.25) is 4.79 Å². The molecular formula is C20H18FNO3. The van der Waals surface area contributed by atoms with Gasteiger partial charge >= 0.3 is 0 Å². The number of para-hydroxylation sites is 1. The molecule has 0 saturated heterocycles. The number of nitrogens with one attached hydrogen (secondary N) is 1. The molecule has 128 valence electrons. The van der Waals surface area contributed by atoms with Crippen LogP contribution in [0.5, 0.6) is 5.75 Å². The Morgan fingerprint density at radius 2 is 1.84 bits per heavy atom. The average molecular weight is 339 g/mol. The van der Waals surface area contributed by atoms with Gasteiger partial charge in [0.25, 0.3) is 5.91 Å². The standard InChI is InChI=1S/C20H18FNO3/c1-14-4-2-3-5-18(14)24-13-17-10-11-19(25-17)20(23)22-12-15-6-8-16(21)9-7-15/h2-11H,12-13H2,1H3,(H,22,23). The number of hydrogen-bond acceptors (Lipinski definition) is 3. The highest BCUT2D eigenvalue weighted by molar-refractivity contribution is 5.91. The van der Waals surface area contributed by atoms with Crippen molar-refractivity contribution < 1.29 is 18.3 Å². The fourth-order valence-electron chi connectivity index (χ4n) is 2.32. The number of carbonyl (C=O) groups is 1. The zero-order chi connectivity index (χ0) is 17.6. The van der Waals surface area contributed by atoms with Crippen LogP contribution in [0.4, 0.5) is 4.39 Å². The van der Waals surface area contributed by atoms with Crippen LogP contribution in [0.25, 0.3) is 0 Å². The van der Waals surface area contributed by atoms with Crippen molar-refractivity contribution in [3.63, 3.8) is 0 Å². The third-order valence-electron chi connectivity index (χ3n) is 3.72. The van der Waals surface area contributed by atoms with Crippen molar-refractivity contribution in [1.29, 1.82) is 0 Å². The molecule has 0 unspecified atom stereocenters. The first-order chi connectivity index (χ1) is 12.1. The summed E-state index contributed by atoms with van der Waals surface area (Å²) in [5.41, 5.74) is 1.84. The van der Waals surface area contributed by atoms with Crippen LogP contribution in [0.1, 0.15) is 27.4 Å². The number of hydrogen-bond donors (Lipinski definition) is 1. The number of amides is 1. The predicted octanol–water partition coefficient (Wildman–Crippen LogP) is 4.24. The van der Waals surface area contributed by atoms with Crippen molar-refractivity contribution >= 4 is 5.91 Å². The number of halogens is 1. The van der Waals surface area contributed by atoms with E-state index in [1.807, 2.05) is 31.2 Å². The zero-order valence-corrected chi connectivity index (χ0v) is 13.8. The van der Waals surface area contributed by atoms with Crippen molar-refractivity contribution in [2.24, 2.45) is 0 Å². The molecule has 1 aromatic heterocycles. The molecule has 5 heteroatoms. The van der Waals surface area contributed by atoms with E-state index in [1.165, 1.54) is 12.1 Å². The largest absolute Gasteiger partial charge is 0.485 e. The van der Waals surface area contributed by atoms with Gasteiger partial charge in [0.2, 0.25) is 0 Å². The van der Waals surface area contributed by atoms with Gasteiger partial charge in [0.15, 0.2) is 5.76 Å². The third-order valence-corrected chi connectivity index (χ3v) is 3.72. The molecule has 4 nitrogen and oxygen atoms in total. The monoisotopic (exact) mass is 339 g/mol. The molecule has 0 saturated carbocycles. The van der Waals surface area contributed by atoms with Gasteiger partial charge in [-0.05, 0) is 48.4 Å². The number of aryl methyl sites for hydroxylation is 1. The maximum absolute atomic E-state index is 12.9. The maximum atomic E-state index is 12.9. The lowest BCUT2D eigenvalue weighted by molar-refractivity contribution is 0.0919. The van der Waals surface area contributed by atoms with Crippen LogP contribution >= 0.6 is 0 Å². The molecule has 1 heterocycles. The molecule has 25 heavy (non-hydrogen) atoms. The van der Waals surface area contributed by atoms with Crippen LogP contribution in [0.3, 0.4) is 0 Å². The molecule has 3 rings (SSSR count). The molecular weight excluding hydrogens is 321 g/mol. The van der Waals surface area contributed by atoms with E-state index in [-0.39, 0.29) is 24.1 Å². The Balaban J connectivity index is 1.54. The lowest BCUT2D eigenvalue weighted by Gasteiger charge is -2.07. The lowest BCUT2D eigenvalue weighted by Crippen LogP contribution is -2.22. The molecule has 0 atom stereocenters. The normalized spacial score (nSPS) is 10.5. The van der Waals surface area contributed by atoms with Crippen molar-refractivity contribution in [3.8, 4) is 5.75 Å². The summed E-state index contributed by atoms with van der Waals surface area (Å²) >= 11 is 0. The fourth-order valence-corrected chi connectivity index (χ4v) is 2.32. The topological polar surface area (TPSA) is 51.5 Å². The minimum atomic E-state index is -0.327. The highest BCUT2D eigenvalue weighted by Gasteiger charge is 2.11. The summed E-state index contributed by atoms with van der Waals surface area (Å²) in [5, 5.41) is 2.73. The fraction of sp³-hybridized carbons (Fsp3) is 0.150. The summed E-state index contributed by atoms with van der Waals surface area (Å²) < 4.78 is 24.1. The average Bonchev–Trinajstić information content (AvgIpc) is 3.09. The Kier molecular flexibility index (Phi) is 5.14. The van der Waals surface area contributed by atoms with Gasteiger partial charge in [-0.15, -0.1) is 0 Å². The zero-order valence-electron chi connectivity index (χ0n) is 13.8. The molecule has 0 fully saturated rings. The second-order valence-corrected chi connectivity index (χ2v) is 5.63. The van der Waals surface area contributed by atoms with Gasteiger partial charge < -0.3 is 14.5 Å². The van der Waals surface area contributed by atoms with E-state index in [4.69, 9.17) is 9.15 Å². The number of benzene rings is 2. The van der Waals surface area contributed by atoms with Crippen LogP contribution in [0.2, 0.25) is 0 Å². The van der Waals surface area contributed by atoms with Crippen LogP contribution < -0.4 is 10.1 Å². The molecule has 0 aliphatic carbocycles. The van der Waals surface area contributed by atoms with E-state index in [0.717, 1.165) is 16.9 Å². The van der Waals surface area contributed by atoms with E-state index < -0.39 is 0 Å². The molecule has 0 spiro atoms. The first-order valence-corrected chi connectivity index (χ1v) is 7.91.